The van der Waals surface area contributed by atoms with Crippen LogP contribution in [0.25, 0.3) is 0 Å². The van der Waals surface area contributed by atoms with E-state index in [9.17, 15) is 18.4 Å². The lowest BCUT2D eigenvalue weighted by Crippen LogP contribution is -2.35. The second-order valence-corrected chi connectivity index (χ2v) is 5.55. The third-order valence-electron chi connectivity index (χ3n) is 2.83. The minimum Gasteiger partial charge on any atom is -0.483 e. The highest BCUT2D eigenvalue weighted by molar-refractivity contribution is 9.10. The van der Waals surface area contributed by atoms with Gasteiger partial charge >= 0.3 is 0 Å². The molecule has 0 unspecified atom stereocenters. The minimum atomic E-state index is -0.513. The van der Waals surface area contributed by atoms with Crippen LogP contribution in [0.4, 0.5) is 14.5 Å². The molecular weight excluding hydrogens is 386 g/mol. The molecule has 24 heavy (non-hydrogen) atoms. The Kier molecular flexibility index (Phi) is 6.25. The van der Waals surface area contributed by atoms with Crippen molar-refractivity contribution < 1.29 is 23.1 Å². The Labute approximate surface area is 145 Å². The highest BCUT2D eigenvalue weighted by atomic mass is 79.9. The molecule has 2 aromatic rings. The summed E-state index contributed by atoms with van der Waals surface area (Å²) in [6, 6.07) is 9.03. The first kappa shape index (κ1) is 17.9. The van der Waals surface area contributed by atoms with Gasteiger partial charge in [-0.2, -0.15) is 0 Å². The first-order chi connectivity index (χ1) is 11.4. The van der Waals surface area contributed by atoms with E-state index >= 15 is 0 Å². The maximum Gasteiger partial charge on any atom is 0.258 e. The van der Waals surface area contributed by atoms with Crippen molar-refractivity contribution in [3.05, 3.63) is 58.6 Å². The molecule has 0 atom stereocenters. The molecule has 5 nitrogen and oxygen atoms in total. The average molecular weight is 399 g/mol. The Bertz CT molecular complexity index is 739. The number of carbonyl (C=O) groups excluding carboxylic acids is 2. The molecule has 0 radical (unpaired) electrons. The predicted octanol–water partition coefficient (Wildman–Crippen LogP) is 2.86. The first-order valence-electron chi connectivity index (χ1n) is 6.84. The van der Waals surface area contributed by atoms with Crippen molar-refractivity contribution in [1.29, 1.82) is 0 Å². The van der Waals surface area contributed by atoms with Gasteiger partial charge < -0.3 is 15.4 Å². The minimum absolute atomic E-state index is 0.260. The van der Waals surface area contributed by atoms with E-state index in [1.165, 1.54) is 42.5 Å². The van der Waals surface area contributed by atoms with Gasteiger partial charge in [-0.15, -0.1) is 0 Å². The average Bonchev–Trinajstić information content (AvgIpc) is 2.54. The van der Waals surface area contributed by atoms with E-state index in [-0.39, 0.29) is 13.2 Å². The molecule has 2 rings (SSSR count). The lowest BCUT2D eigenvalue weighted by Gasteiger charge is -2.09. The molecule has 2 N–H and O–H groups in total. The zero-order valence-electron chi connectivity index (χ0n) is 12.3. The molecule has 126 valence electrons. The topological polar surface area (TPSA) is 67.4 Å². The van der Waals surface area contributed by atoms with Crippen molar-refractivity contribution in [3.8, 4) is 5.75 Å². The number of anilines is 1. The predicted molar refractivity (Wildman–Crippen MR) is 87.6 cm³/mol. The Hall–Kier alpha value is -2.48. The Morgan fingerprint density at radius 2 is 1.67 bits per heavy atom. The van der Waals surface area contributed by atoms with Crippen LogP contribution in [0.2, 0.25) is 0 Å². The molecule has 0 fully saturated rings. The van der Waals surface area contributed by atoms with E-state index in [1.807, 2.05) is 0 Å². The maximum atomic E-state index is 12.9. The SMILES string of the molecule is O=C(COc1ccc(F)cc1Br)NCC(=O)Nc1ccc(F)cc1. The zero-order valence-corrected chi connectivity index (χ0v) is 13.9. The molecule has 0 saturated heterocycles. The van der Waals surface area contributed by atoms with Gasteiger partial charge in [0.15, 0.2) is 6.61 Å². The maximum absolute atomic E-state index is 12.9. The molecular formula is C16H13BrF2N2O3. The number of benzene rings is 2. The standard InChI is InChI=1S/C16H13BrF2N2O3/c17-13-7-11(19)3-6-14(13)24-9-16(23)20-8-15(22)21-12-4-1-10(18)2-5-12/h1-7H,8-9H2,(H,20,23)(H,21,22). The summed E-state index contributed by atoms with van der Waals surface area (Å²) >= 11 is 3.11. The molecule has 0 spiro atoms. The van der Waals surface area contributed by atoms with Crippen molar-refractivity contribution in [3.63, 3.8) is 0 Å². The molecule has 0 saturated carbocycles. The number of nitrogens with one attached hydrogen (secondary N) is 2. The summed E-state index contributed by atoms with van der Waals surface area (Å²) < 4.78 is 31.3. The first-order valence-corrected chi connectivity index (χ1v) is 7.63. The van der Waals surface area contributed by atoms with Crippen LogP contribution in [0.15, 0.2) is 46.9 Å². The van der Waals surface area contributed by atoms with Crippen LogP contribution in [0.5, 0.6) is 5.75 Å². The number of carbonyl (C=O) groups is 2. The summed E-state index contributed by atoms with van der Waals surface area (Å²) in [6.07, 6.45) is 0. The zero-order chi connectivity index (χ0) is 17.5. The highest BCUT2D eigenvalue weighted by Crippen LogP contribution is 2.25. The van der Waals surface area contributed by atoms with Gasteiger partial charge in [-0.05, 0) is 58.4 Å². The number of halogens is 3. The van der Waals surface area contributed by atoms with E-state index < -0.39 is 23.4 Å². The second-order valence-electron chi connectivity index (χ2n) is 4.70. The van der Waals surface area contributed by atoms with Crippen LogP contribution in [-0.4, -0.2) is 25.0 Å². The van der Waals surface area contributed by atoms with Gasteiger partial charge in [-0.1, -0.05) is 0 Å². The normalized spacial score (nSPS) is 10.1. The summed E-state index contributed by atoms with van der Waals surface area (Å²) in [5, 5.41) is 4.88. The Morgan fingerprint density at radius 3 is 2.33 bits per heavy atom. The van der Waals surface area contributed by atoms with Gasteiger partial charge in [-0.25, -0.2) is 8.78 Å². The van der Waals surface area contributed by atoms with Gasteiger partial charge in [0.1, 0.15) is 17.4 Å². The summed E-state index contributed by atoms with van der Waals surface area (Å²) in [6.45, 7) is -0.585. The van der Waals surface area contributed by atoms with E-state index in [0.717, 1.165) is 0 Å². The van der Waals surface area contributed by atoms with Crippen molar-refractivity contribution in [2.45, 2.75) is 0 Å². The molecule has 0 aromatic heterocycles. The fraction of sp³-hybridized carbons (Fsp3) is 0.125. The summed E-state index contributed by atoms with van der Waals surface area (Å²) in [4.78, 5) is 23.3. The van der Waals surface area contributed by atoms with Gasteiger partial charge in [-0.3, -0.25) is 9.59 Å². The molecule has 8 heteroatoms. The van der Waals surface area contributed by atoms with E-state index in [1.54, 1.807) is 0 Å². The lowest BCUT2D eigenvalue weighted by molar-refractivity contribution is -0.125. The van der Waals surface area contributed by atoms with Gasteiger partial charge in [0.25, 0.3) is 5.91 Å². The highest BCUT2D eigenvalue weighted by Gasteiger charge is 2.09. The number of hydrogen-bond donors (Lipinski definition) is 2. The molecule has 0 aliphatic rings. The Morgan fingerprint density at radius 1 is 1.00 bits per heavy atom. The van der Waals surface area contributed by atoms with Gasteiger partial charge in [0.05, 0.1) is 11.0 Å². The van der Waals surface area contributed by atoms with E-state index in [2.05, 4.69) is 26.6 Å². The second kappa shape index (κ2) is 8.39. The number of amides is 2. The molecule has 2 aromatic carbocycles. The van der Waals surface area contributed by atoms with Crippen molar-refractivity contribution in [2.75, 3.05) is 18.5 Å². The van der Waals surface area contributed by atoms with Crippen LogP contribution >= 0.6 is 15.9 Å². The van der Waals surface area contributed by atoms with Crippen LogP contribution in [-0.2, 0) is 9.59 Å². The van der Waals surface area contributed by atoms with E-state index in [4.69, 9.17) is 4.74 Å². The molecule has 0 heterocycles. The van der Waals surface area contributed by atoms with Gasteiger partial charge in [0.2, 0.25) is 5.91 Å². The quantitative estimate of drug-likeness (QED) is 0.785. The van der Waals surface area contributed by atoms with Crippen molar-refractivity contribution in [2.24, 2.45) is 0 Å². The number of rotatable bonds is 6. The summed E-state index contributed by atoms with van der Waals surface area (Å²) in [5.41, 5.74) is 0.419. The smallest absolute Gasteiger partial charge is 0.258 e. The third-order valence-corrected chi connectivity index (χ3v) is 3.45. The monoisotopic (exact) mass is 398 g/mol. The molecule has 0 aliphatic carbocycles. The largest absolute Gasteiger partial charge is 0.483 e. The van der Waals surface area contributed by atoms with Gasteiger partial charge in [0, 0.05) is 5.69 Å². The number of hydrogen-bond acceptors (Lipinski definition) is 3. The van der Waals surface area contributed by atoms with Crippen LogP contribution in [0.3, 0.4) is 0 Å². The third kappa shape index (κ3) is 5.62. The summed E-state index contributed by atoms with van der Waals surface area (Å²) in [7, 11) is 0. The molecule has 0 aliphatic heterocycles. The molecule has 0 bridgehead atoms. The summed E-state index contributed by atoms with van der Waals surface area (Å²) in [5.74, 6) is -1.51. The number of ether oxygens (including phenoxy) is 1. The molecule has 2 amide bonds. The fourth-order valence-electron chi connectivity index (χ4n) is 1.70. The van der Waals surface area contributed by atoms with Crippen molar-refractivity contribution in [1.82, 2.24) is 5.32 Å². The van der Waals surface area contributed by atoms with Crippen LogP contribution in [0.1, 0.15) is 0 Å². The lowest BCUT2D eigenvalue weighted by atomic mass is 10.3. The fourth-order valence-corrected chi connectivity index (χ4v) is 2.17. The van der Waals surface area contributed by atoms with E-state index in [0.29, 0.717) is 15.9 Å². The Balaban J connectivity index is 1.74. The van der Waals surface area contributed by atoms with Crippen molar-refractivity contribution >= 4 is 33.4 Å². The van der Waals surface area contributed by atoms with Crippen LogP contribution in [0, 0.1) is 11.6 Å². The van der Waals surface area contributed by atoms with Crippen LogP contribution < -0.4 is 15.4 Å².